The fraction of sp³-hybridized carbons (Fsp3) is 0.385. The molecule has 0 saturated carbocycles. The first-order valence-electron chi connectivity index (χ1n) is 6.17. The molecule has 0 aliphatic carbocycles. The maximum atomic E-state index is 11.5. The number of nitrogens with zero attached hydrogens (tertiary/aromatic N) is 1. The number of rotatable bonds is 6. The van der Waals surface area contributed by atoms with E-state index in [1.165, 1.54) is 21.1 Å². The van der Waals surface area contributed by atoms with Crippen LogP contribution in [-0.4, -0.2) is 17.6 Å². The number of aromatic nitrogens is 1. The topological polar surface area (TPSA) is 51.2 Å². The molecule has 2 rings (SSSR count). The lowest BCUT2D eigenvalue weighted by molar-refractivity contribution is 0.0520. The van der Waals surface area contributed by atoms with Gasteiger partial charge in [-0.05, 0) is 25.5 Å². The average Bonchev–Trinajstić information content (AvgIpc) is 3.06. The molecule has 19 heavy (non-hydrogen) atoms. The predicted molar refractivity (Wildman–Crippen MR) is 79.1 cm³/mol. The number of thiophene rings is 1. The Morgan fingerprint density at radius 1 is 1.37 bits per heavy atom. The van der Waals surface area contributed by atoms with Crippen molar-refractivity contribution < 1.29 is 9.53 Å². The number of thiazole rings is 1. The van der Waals surface area contributed by atoms with Crippen molar-refractivity contribution in [2.45, 2.75) is 26.8 Å². The lowest BCUT2D eigenvalue weighted by atomic mass is 10.4. The van der Waals surface area contributed by atoms with E-state index in [-0.39, 0.29) is 5.97 Å². The van der Waals surface area contributed by atoms with Gasteiger partial charge in [0.15, 0.2) is 10.8 Å². The molecule has 0 aliphatic heterocycles. The Balaban J connectivity index is 1.91. The first-order chi connectivity index (χ1) is 9.22. The standard InChI is InChI=1S/C13H16N2O2S2/c1-3-9-5-6-10(19-9)7-14-13-15-11(8-18-13)12(16)17-4-2/h5-6,8H,3-4,7H2,1-2H3,(H,14,15). The van der Waals surface area contributed by atoms with E-state index in [0.717, 1.165) is 18.1 Å². The van der Waals surface area contributed by atoms with Gasteiger partial charge in [-0.3, -0.25) is 0 Å². The van der Waals surface area contributed by atoms with Crippen LogP contribution in [0.5, 0.6) is 0 Å². The van der Waals surface area contributed by atoms with E-state index in [1.807, 2.05) is 0 Å². The van der Waals surface area contributed by atoms with E-state index < -0.39 is 0 Å². The summed E-state index contributed by atoms with van der Waals surface area (Å²) in [6, 6.07) is 4.27. The molecule has 4 nitrogen and oxygen atoms in total. The summed E-state index contributed by atoms with van der Waals surface area (Å²) in [6.07, 6.45) is 1.06. The monoisotopic (exact) mass is 296 g/mol. The van der Waals surface area contributed by atoms with E-state index in [4.69, 9.17) is 4.74 Å². The van der Waals surface area contributed by atoms with Crippen molar-refractivity contribution in [3.05, 3.63) is 33.0 Å². The van der Waals surface area contributed by atoms with Crippen LogP contribution in [-0.2, 0) is 17.7 Å². The number of hydrogen-bond acceptors (Lipinski definition) is 6. The first kappa shape index (κ1) is 14.0. The van der Waals surface area contributed by atoms with Crippen molar-refractivity contribution in [3.8, 4) is 0 Å². The van der Waals surface area contributed by atoms with Crippen LogP contribution in [0.4, 0.5) is 5.13 Å². The molecular formula is C13H16N2O2S2. The lowest BCUT2D eigenvalue weighted by Gasteiger charge is -1.99. The number of nitrogens with one attached hydrogen (secondary N) is 1. The van der Waals surface area contributed by atoms with Gasteiger partial charge in [-0.2, -0.15) is 0 Å². The largest absolute Gasteiger partial charge is 0.461 e. The number of anilines is 1. The number of carbonyl (C=O) groups excluding carboxylic acids is 1. The fourth-order valence-corrected chi connectivity index (χ4v) is 3.10. The molecule has 0 unspecified atom stereocenters. The molecule has 0 amide bonds. The highest BCUT2D eigenvalue weighted by atomic mass is 32.1. The van der Waals surface area contributed by atoms with E-state index in [0.29, 0.717) is 12.3 Å². The number of ether oxygens (including phenoxy) is 1. The fourth-order valence-electron chi connectivity index (χ4n) is 1.52. The highest BCUT2D eigenvalue weighted by Gasteiger charge is 2.11. The summed E-state index contributed by atoms with van der Waals surface area (Å²) >= 11 is 3.21. The second-order valence-electron chi connectivity index (χ2n) is 3.83. The summed E-state index contributed by atoms with van der Waals surface area (Å²) in [4.78, 5) is 18.3. The molecule has 0 spiro atoms. The number of aryl methyl sites for hydroxylation is 1. The molecule has 102 valence electrons. The van der Waals surface area contributed by atoms with Gasteiger partial charge in [0, 0.05) is 15.1 Å². The molecule has 0 fully saturated rings. The zero-order valence-corrected chi connectivity index (χ0v) is 12.6. The number of carbonyl (C=O) groups is 1. The molecular weight excluding hydrogens is 280 g/mol. The zero-order chi connectivity index (χ0) is 13.7. The maximum absolute atomic E-state index is 11.5. The van der Waals surface area contributed by atoms with E-state index in [2.05, 4.69) is 29.4 Å². The lowest BCUT2D eigenvalue weighted by Crippen LogP contribution is -2.05. The van der Waals surface area contributed by atoms with Crippen LogP contribution < -0.4 is 5.32 Å². The van der Waals surface area contributed by atoms with Gasteiger partial charge < -0.3 is 10.1 Å². The van der Waals surface area contributed by atoms with Gasteiger partial charge in [0.05, 0.1) is 13.2 Å². The molecule has 0 saturated heterocycles. The van der Waals surface area contributed by atoms with Crippen LogP contribution in [0, 0.1) is 0 Å². The van der Waals surface area contributed by atoms with E-state index in [9.17, 15) is 4.79 Å². The minimum Gasteiger partial charge on any atom is -0.461 e. The molecule has 2 aromatic heterocycles. The van der Waals surface area contributed by atoms with Crippen molar-refractivity contribution in [1.82, 2.24) is 4.98 Å². The molecule has 2 heterocycles. The quantitative estimate of drug-likeness (QED) is 0.828. The Kier molecular flexibility index (Phi) is 4.93. The summed E-state index contributed by atoms with van der Waals surface area (Å²) in [5.41, 5.74) is 0.370. The van der Waals surface area contributed by atoms with Gasteiger partial charge in [-0.15, -0.1) is 22.7 Å². The summed E-state index contributed by atoms with van der Waals surface area (Å²) in [7, 11) is 0. The van der Waals surface area contributed by atoms with E-state index >= 15 is 0 Å². The van der Waals surface area contributed by atoms with Gasteiger partial charge in [-0.25, -0.2) is 9.78 Å². The Labute approximate surface area is 120 Å². The smallest absolute Gasteiger partial charge is 0.357 e. The minimum atomic E-state index is -0.365. The second kappa shape index (κ2) is 6.68. The Morgan fingerprint density at radius 3 is 2.84 bits per heavy atom. The Morgan fingerprint density at radius 2 is 2.16 bits per heavy atom. The van der Waals surface area contributed by atoms with Crippen LogP contribution >= 0.6 is 22.7 Å². The zero-order valence-electron chi connectivity index (χ0n) is 10.9. The molecule has 0 radical (unpaired) electrons. The molecule has 0 atom stereocenters. The normalized spacial score (nSPS) is 10.4. The first-order valence-corrected chi connectivity index (χ1v) is 7.86. The van der Waals surface area contributed by atoms with Crippen LogP contribution in [0.25, 0.3) is 0 Å². The molecule has 2 aromatic rings. The van der Waals surface area contributed by atoms with Crippen molar-refractivity contribution in [2.24, 2.45) is 0 Å². The SMILES string of the molecule is CCOC(=O)c1csc(NCc2ccc(CC)s2)n1. The summed E-state index contributed by atoms with van der Waals surface area (Å²) in [5.74, 6) is -0.365. The van der Waals surface area contributed by atoms with Crippen LogP contribution in [0.3, 0.4) is 0 Å². The van der Waals surface area contributed by atoms with Gasteiger partial charge in [0.25, 0.3) is 0 Å². The second-order valence-corrected chi connectivity index (χ2v) is 5.94. The summed E-state index contributed by atoms with van der Waals surface area (Å²) < 4.78 is 4.90. The molecule has 0 bridgehead atoms. The van der Waals surface area contributed by atoms with Crippen molar-refractivity contribution in [3.63, 3.8) is 0 Å². The maximum Gasteiger partial charge on any atom is 0.357 e. The van der Waals surface area contributed by atoms with E-state index in [1.54, 1.807) is 23.6 Å². The van der Waals surface area contributed by atoms with Crippen LogP contribution in [0.1, 0.15) is 34.1 Å². The Bertz CT molecular complexity index is 548. The van der Waals surface area contributed by atoms with Crippen LogP contribution in [0.2, 0.25) is 0 Å². The Hall–Kier alpha value is -1.40. The van der Waals surface area contributed by atoms with Gasteiger partial charge in [0.2, 0.25) is 0 Å². The third-order valence-corrected chi connectivity index (χ3v) is 4.50. The average molecular weight is 296 g/mol. The molecule has 0 aliphatic rings. The van der Waals surface area contributed by atoms with Gasteiger partial charge in [0.1, 0.15) is 0 Å². The van der Waals surface area contributed by atoms with Gasteiger partial charge >= 0.3 is 5.97 Å². The van der Waals surface area contributed by atoms with Crippen molar-refractivity contribution >= 4 is 33.8 Å². The van der Waals surface area contributed by atoms with Crippen molar-refractivity contribution in [2.75, 3.05) is 11.9 Å². The predicted octanol–water partition coefficient (Wildman–Crippen LogP) is 3.56. The molecule has 6 heteroatoms. The third kappa shape index (κ3) is 3.78. The number of hydrogen-bond donors (Lipinski definition) is 1. The van der Waals surface area contributed by atoms with Crippen LogP contribution in [0.15, 0.2) is 17.5 Å². The summed E-state index contributed by atoms with van der Waals surface area (Å²) in [5, 5.41) is 5.69. The highest BCUT2D eigenvalue weighted by Crippen LogP contribution is 2.20. The molecule has 1 N–H and O–H groups in total. The minimum absolute atomic E-state index is 0.365. The summed E-state index contributed by atoms with van der Waals surface area (Å²) in [6.45, 7) is 5.04. The van der Waals surface area contributed by atoms with Gasteiger partial charge in [-0.1, -0.05) is 6.92 Å². The van der Waals surface area contributed by atoms with Crippen molar-refractivity contribution in [1.29, 1.82) is 0 Å². The third-order valence-electron chi connectivity index (χ3n) is 2.47. The number of esters is 1. The highest BCUT2D eigenvalue weighted by molar-refractivity contribution is 7.14. The molecule has 0 aromatic carbocycles.